The van der Waals surface area contributed by atoms with E-state index < -0.39 is 22.5 Å². The molecule has 1 aromatic rings. The largest absolute Gasteiger partial charge is 0.349 e. The van der Waals surface area contributed by atoms with Gasteiger partial charge >= 0.3 is 11.4 Å². The maximum absolute atomic E-state index is 12.1. The van der Waals surface area contributed by atoms with E-state index in [1.807, 2.05) is 0 Å². The zero-order valence-corrected chi connectivity index (χ0v) is 14.6. The smallest absolute Gasteiger partial charge is 0.311 e. The van der Waals surface area contributed by atoms with Gasteiger partial charge in [-0.05, 0) is 12.5 Å². The zero-order chi connectivity index (χ0) is 18.7. The van der Waals surface area contributed by atoms with E-state index in [4.69, 9.17) is 0 Å². The number of pyridine rings is 1. The van der Waals surface area contributed by atoms with Gasteiger partial charge in [0, 0.05) is 6.54 Å². The second-order valence-electron chi connectivity index (χ2n) is 6.34. The Hall–Kier alpha value is -2.97. The lowest BCUT2D eigenvalue weighted by molar-refractivity contribution is 0.561. The number of rotatable bonds is 7. The highest BCUT2D eigenvalue weighted by atomic mass is 16.2. The maximum Gasteiger partial charge on any atom is 0.349 e. The molecule has 9 heteroatoms. The Bertz CT molecular complexity index is 1110. The third-order valence-electron chi connectivity index (χ3n) is 4.42. The summed E-state index contributed by atoms with van der Waals surface area (Å²) in [6, 6.07) is 1.35. The summed E-state index contributed by atoms with van der Waals surface area (Å²) in [5, 5.41) is 0.175. The predicted molar refractivity (Wildman–Crippen MR) is 97.9 cm³/mol. The van der Waals surface area contributed by atoms with Gasteiger partial charge in [-0.15, -0.1) is 0 Å². The number of hydrogen-bond donors (Lipinski definition) is 3. The minimum Gasteiger partial charge on any atom is -0.311 e. The highest BCUT2D eigenvalue weighted by Gasteiger charge is 2.18. The van der Waals surface area contributed by atoms with Crippen LogP contribution in [0, 0.1) is 0 Å². The first-order chi connectivity index (χ1) is 12.5. The Morgan fingerprint density at radius 2 is 1.65 bits per heavy atom. The zero-order valence-electron chi connectivity index (χ0n) is 14.6. The molecule has 0 aromatic carbocycles. The number of unbranched alkanes of at least 4 members (excludes halogenated alkanes) is 5. The van der Waals surface area contributed by atoms with Crippen molar-refractivity contribution in [2.45, 2.75) is 52.0 Å². The van der Waals surface area contributed by atoms with E-state index in [0.29, 0.717) is 6.54 Å². The predicted octanol–water partition coefficient (Wildman–Crippen LogP) is 0.927. The molecule has 0 bridgehead atoms. The molecule has 0 atom stereocenters. The van der Waals surface area contributed by atoms with Crippen LogP contribution in [0.1, 0.15) is 45.4 Å². The summed E-state index contributed by atoms with van der Waals surface area (Å²) >= 11 is 0. The van der Waals surface area contributed by atoms with Crippen molar-refractivity contribution in [1.82, 2.24) is 24.5 Å². The Kier molecular flexibility index (Phi) is 5.15. The number of aromatic nitrogens is 5. The minimum atomic E-state index is -0.759. The van der Waals surface area contributed by atoms with Crippen LogP contribution in [0.15, 0.2) is 25.2 Å². The molecule has 9 nitrogen and oxygen atoms in total. The fourth-order valence-electron chi connectivity index (χ4n) is 3.14. The number of aromatic amines is 3. The molecule has 0 saturated heterocycles. The molecule has 0 spiro atoms. The lowest BCUT2D eigenvalue weighted by Crippen LogP contribution is -2.30. The molecule has 0 fully saturated rings. The van der Waals surface area contributed by atoms with Gasteiger partial charge in [-0.2, -0.15) is 4.98 Å². The van der Waals surface area contributed by atoms with Gasteiger partial charge in [0.15, 0.2) is 5.82 Å². The molecule has 2 aliphatic rings. The third kappa shape index (κ3) is 3.51. The number of fused-ring (bicyclic) bond motifs is 2. The van der Waals surface area contributed by atoms with E-state index in [9.17, 15) is 19.2 Å². The van der Waals surface area contributed by atoms with Crippen LogP contribution in [0.3, 0.4) is 0 Å². The topological polar surface area (TPSA) is 133 Å². The third-order valence-corrected chi connectivity index (χ3v) is 4.42. The fourth-order valence-corrected chi connectivity index (χ4v) is 3.14. The summed E-state index contributed by atoms with van der Waals surface area (Å²) in [4.78, 5) is 58.4. The van der Waals surface area contributed by atoms with Crippen molar-refractivity contribution in [3.8, 4) is 11.4 Å². The van der Waals surface area contributed by atoms with Crippen LogP contribution >= 0.6 is 0 Å². The molecular formula is C17H21N5O4. The van der Waals surface area contributed by atoms with Crippen LogP contribution in [0.5, 0.6) is 0 Å². The summed E-state index contributed by atoms with van der Waals surface area (Å²) in [6.07, 6.45) is 6.31. The second-order valence-corrected chi connectivity index (χ2v) is 6.34. The van der Waals surface area contributed by atoms with Gasteiger partial charge in [-0.3, -0.25) is 24.5 Å². The van der Waals surface area contributed by atoms with Crippen LogP contribution in [-0.2, 0) is 6.54 Å². The van der Waals surface area contributed by atoms with Crippen molar-refractivity contribution in [3.05, 3.63) is 47.7 Å². The van der Waals surface area contributed by atoms with Crippen molar-refractivity contribution in [2.75, 3.05) is 0 Å². The molecule has 3 heterocycles. The Labute approximate surface area is 147 Å². The molecule has 26 heavy (non-hydrogen) atoms. The number of nitrogens with one attached hydrogen (secondary N) is 3. The van der Waals surface area contributed by atoms with Gasteiger partial charge in [-0.25, -0.2) is 9.59 Å². The first kappa shape index (κ1) is 17.8. The summed E-state index contributed by atoms with van der Waals surface area (Å²) < 4.78 is 1.58. The van der Waals surface area contributed by atoms with Crippen LogP contribution in [0.2, 0.25) is 0 Å². The lowest BCUT2D eigenvalue weighted by atomic mass is 10.1. The molecule has 3 N–H and O–H groups in total. The first-order valence-corrected chi connectivity index (χ1v) is 8.81. The molecular weight excluding hydrogens is 338 g/mol. The minimum absolute atomic E-state index is 0.139. The average molecular weight is 359 g/mol. The van der Waals surface area contributed by atoms with Crippen molar-refractivity contribution in [1.29, 1.82) is 0 Å². The highest BCUT2D eigenvalue weighted by molar-refractivity contribution is 5.81. The van der Waals surface area contributed by atoms with Crippen LogP contribution in [0.25, 0.3) is 22.4 Å². The molecule has 0 aliphatic carbocycles. The van der Waals surface area contributed by atoms with Crippen molar-refractivity contribution in [3.63, 3.8) is 0 Å². The summed E-state index contributed by atoms with van der Waals surface area (Å²) in [5.41, 5.74) is -2.20. The van der Waals surface area contributed by atoms with Crippen molar-refractivity contribution in [2.24, 2.45) is 0 Å². The monoisotopic (exact) mass is 359 g/mol. The van der Waals surface area contributed by atoms with E-state index >= 15 is 0 Å². The van der Waals surface area contributed by atoms with Crippen LogP contribution < -0.4 is 22.5 Å². The average Bonchev–Trinajstić information content (AvgIpc) is 2.58. The molecule has 0 amide bonds. The van der Waals surface area contributed by atoms with Gasteiger partial charge in [0.2, 0.25) is 0 Å². The van der Waals surface area contributed by atoms with Gasteiger partial charge in [0.05, 0.1) is 10.9 Å². The second kappa shape index (κ2) is 7.51. The molecule has 0 unspecified atom stereocenters. The molecule has 1 aromatic heterocycles. The summed E-state index contributed by atoms with van der Waals surface area (Å²) in [5.74, 6) is 0.168. The molecule has 138 valence electrons. The molecule has 3 rings (SSSR count). The van der Waals surface area contributed by atoms with Gasteiger partial charge in [0.25, 0.3) is 11.1 Å². The van der Waals surface area contributed by atoms with Crippen LogP contribution in [0.4, 0.5) is 0 Å². The SMILES string of the molecule is CCCCCCCCn1c2nc(=O)[nH]c(=O)c-2cc2c(=O)[nH]c(=O)[nH]c21. The number of hydrogen-bond acceptors (Lipinski definition) is 5. The van der Waals surface area contributed by atoms with Crippen molar-refractivity contribution >= 4 is 11.0 Å². The molecule has 2 aliphatic heterocycles. The molecule has 0 radical (unpaired) electrons. The highest BCUT2D eigenvalue weighted by Crippen LogP contribution is 2.20. The quantitative estimate of drug-likeness (QED) is 0.426. The standard InChI is InChI=1S/C17H21N5O4/c1-2-3-4-5-6-7-8-22-12-10(14(23)20-16(25)18-12)9-11-13(22)19-17(26)21-15(11)24/h9H,2-8H2,1H3,(H,20,23,25)(H2,19,21,24,26). The number of H-pyrrole nitrogens is 3. The van der Waals surface area contributed by atoms with E-state index in [0.717, 1.165) is 32.1 Å². The number of aryl methyl sites for hydroxylation is 1. The van der Waals surface area contributed by atoms with Crippen LogP contribution in [-0.4, -0.2) is 24.5 Å². The Morgan fingerprint density at radius 3 is 2.42 bits per heavy atom. The van der Waals surface area contributed by atoms with E-state index in [2.05, 4.69) is 26.9 Å². The summed E-state index contributed by atoms with van der Waals surface area (Å²) in [7, 11) is 0. The first-order valence-electron chi connectivity index (χ1n) is 8.81. The van der Waals surface area contributed by atoms with E-state index in [1.54, 1.807) is 4.57 Å². The lowest BCUT2D eigenvalue weighted by Gasteiger charge is -2.16. The van der Waals surface area contributed by atoms with Crippen molar-refractivity contribution < 1.29 is 0 Å². The Morgan fingerprint density at radius 1 is 0.923 bits per heavy atom. The maximum atomic E-state index is 12.1. The van der Waals surface area contributed by atoms with Gasteiger partial charge < -0.3 is 4.57 Å². The Balaban J connectivity index is 2.10. The summed E-state index contributed by atoms with van der Waals surface area (Å²) in [6.45, 7) is 2.59. The van der Waals surface area contributed by atoms with E-state index in [-0.39, 0.29) is 22.4 Å². The fraction of sp³-hybridized carbons (Fsp3) is 0.471. The normalized spacial score (nSPS) is 11.4. The van der Waals surface area contributed by atoms with Gasteiger partial charge in [0.1, 0.15) is 5.65 Å². The van der Waals surface area contributed by atoms with E-state index in [1.165, 1.54) is 12.5 Å². The van der Waals surface area contributed by atoms with Gasteiger partial charge in [-0.1, -0.05) is 39.0 Å². The number of nitrogens with zero attached hydrogens (tertiary/aromatic N) is 2. The molecule has 0 saturated carbocycles.